The topological polar surface area (TPSA) is 75.5 Å². The number of hydrogen-bond donors (Lipinski definition) is 0. The molecule has 0 amide bonds. The number of aryl methyl sites for hydroxylation is 4. The van der Waals surface area contributed by atoms with Gasteiger partial charge in [0.25, 0.3) is 0 Å². The zero-order valence-electron chi connectivity index (χ0n) is 18.6. The van der Waals surface area contributed by atoms with E-state index in [0.717, 1.165) is 36.4 Å². The molecule has 7 heteroatoms. The molecule has 31 heavy (non-hydrogen) atoms. The highest BCUT2D eigenvalue weighted by Gasteiger charge is 2.09. The summed E-state index contributed by atoms with van der Waals surface area (Å²) < 4.78 is 18.2. The van der Waals surface area contributed by atoms with Crippen LogP contribution in [0.2, 0.25) is 0 Å². The van der Waals surface area contributed by atoms with Crippen LogP contribution in [0.1, 0.15) is 45.6 Å². The Balaban J connectivity index is 1.42. The Morgan fingerprint density at radius 1 is 0.903 bits per heavy atom. The minimum atomic E-state index is -0.388. The van der Waals surface area contributed by atoms with Gasteiger partial charge in [-0.3, -0.25) is 4.68 Å². The van der Waals surface area contributed by atoms with Crippen molar-refractivity contribution < 1.29 is 19.0 Å². The Morgan fingerprint density at radius 2 is 1.58 bits per heavy atom. The number of benzene rings is 2. The van der Waals surface area contributed by atoms with Gasteiger partial charge >= 0.3 is 5.97 Å². The number of aromatic nitrogens is 3. The molecule has 7 nitrogen and oxygen atoms in total. The van der Waals surface area contributed by atoms with Crippen LogP contribution in [0.15, 0.2) is 42.6 Å². The molecule has 0 bridgehead atoms. The number of ether oxygens (including phenoxy) is 3. The van der Waals surface area contributed by atoms with E-state index in [2.05, 4.69) is 42.4 Å². The number of carbonyl (C=O) groups excluding carboxylic acids is 1. The molecule has 0 N–H and O–H groups in total. The number of hydrogen-bond acceptors (Lipinski definition) is 6. The van der Waals surface area contributed by atoms with E-state index in [1.54, 1.807) is 12.1 Å². The first-order valence-corrected chi connectivity index (χ1v) is 10.4. The van der Waals surface area contributed by atoms with Crippen LogP contribution in [0.25, 0.3) is 0 Å². The van der Waals surface area contributed by atoms with Crippen LogP contribution < -0.4 is 9.47 Å². The van der Waals surface area contributed by atoms with E-state index in [1.165, 1.54) is 18.2 Å². The first kappa shape index (κ1) is 22.3. The maximum Gasteiger partial charge on any atom is 0.337 e. The lowest BCUT2D eigenvalue weighted by Crippen LogP contribution is -2.03. The molecule has 3 rings (SSSR count). The van der Waals surface area contributed by atoms with E-state index in [1.807, 2.05) is 23.9 Å². The van der Waals surface area contributed by atoms with Crippen LogP contribution in [0, 0.1) is 20.8 Å². The van der Waals surface area contributed by atoms with Crippen molar-refractivity contribution in [3.8, 4) is 11.5 Å². The van der Waals surface area contributed by atoms with Gasteiger partial charge in [-0.15, -0.1) is 5.10 Å². The second kappa shape index (κ2) is 10.6. The van der Waals surface area contributed by atoms with E-state index >= 15 is 0 Å². The van der Waals surface area contributed by atoms with Gasteiger partial charge in [0.15, 0.2) is 0 Å². The van der Waals surface area contributed by atoms with Gasteiger partial charge in [0.2, 0.25) is 0 Å². The van der Waals surface area contributed by atoms with E-state index < -0.39 is 0 Å². The van der Waals surface area contributed by atoms with Gasteiger partial charge in [0.05, 0.1) is 25.5 Å². The zero-order chi connectivity index (χ0) is 22.2. The largest absolute Gasteiger partial charge is 0.494 e. The summed E-state index contributed by atoms with van der Waals surface area (Å²) in [5.74, 6) is 1.13. The summed E-state index contributed by atoms with van der Waals surface area (Å²) in [4.78, 5) is 11.7. The van der Waals surface area contributed by atoms with Crippen LogP contribution in [-0.2, 0) is 17.9 Å². The van der Waals surface area contributed by atoms with Gasteiger partial charge in [0.1, 0.15) is 23.8 Å². The molecule has 0 saturated heterocycles. The Hall–Kier alpha value is -3.35. The Bertz CT molecular complexity index is 1010. The van der Waals surface area contributed by atoms with Crippen molar-refractivity contribution in [3.63, 3.8) is 0 Å². The van der Waals surface area contributed by atoms with Crippen molar-refractivity contribution in [2.75, 3.05) is 13.7 Å². The van der Waals surface area contributed by atoms with Crippen LogP contribution in [0.3, 0.4) is 0 Å². The summed E-state index contributed by atoms with van der Waals surface area (Å²) >= 11 is 0. The predicted octanol–water partition coefficient (Wildman–Crippen LogP) is 4.43. The molecule has 0 aliphatic heterocycles. The molecule has 0 aliphatic carbocycles. The smallest absolute Gasteiger partial charge is 0.337 e. The van der Waals surface area contributed by atoms with Crippen LogP contribution in [0.4, 0.5) is 0 Å². The van der Waals surface area contributed by atoms with Crippen LogP contribution in [0.5, 0.6) is 11.5 Å². The molecule has 0 unspecified atom stereocenters. The lowest BCUT2D eigenvalue weighted by atomic mass is 10.1. The number of rotatable bonds is 10. The summed E-state index contributed by atoms with van der Waals surface area (Å²) in [5.41, 5.74) is 4.53. The lowest BCUT2D eigenvalue weighted by molar-refractivity contribution is 0.0600. The van der Waals surface area contributed by atoms with Crippen LogP contribution in [-0.4, -0.2) is 34.7 Å². The van der Waals surface area contributed by atoms with Gasteiger partial charge in [-0.05, 0) is 80.6 Å². The average molecular weight is 424 g/mol. The average Bonchev–Trinajstić information content (AvgIpc) is 3.18. The van der Waals surface area contributed by atoms with Gasteiger partial charge in [-0.25, -0.2) is 4.79 Å². The standard InChI is InChI=1S/C24H29N3O4/c1-17-9-18(2)12-22(11-17)30-8-6-5-7-27-15-21(25-26-27)16-31-23-13-19(3)10-20(14-23)24(28)29-4/h9-15H,5-8,16H2,1-4H3. The summed E-state index contributed by atoms with van der Waals surface area (Å²) in [7, 11) is 1.36. The molecule has 0 spiro atoms. The van der Waals surface area contributed by atoms with Crippen molar-refractivity contribution in [2.24, 2.45) is 0 Å². The highest BCUT2D eigenvalue weighted by atomic mass is 16.5. The van der Waals surface area contributed by atoms with Crippen molar-refractivity contribution in [1.82, 2.24) is 15.0 Å². The van der Waals surface area contributed by atoms with Crippen molar-refractivity contribution in [1.29, 1.82) is 0 Å². The number of nitrogens with zero attached hydrogens (tertiary/aromatic N) is 3. The van der Waals surface area contributed by atoms with Gasteiger partial charge in [-0.2, -0.15) is 0 Å². The summed E-state index contributed by atoms with van der Waals surface area (Å²) in [6.07, 6.45) is 3.74. The number of esters is 1. The molecule has 0 atom stereocenters. The summed E-state index contributed by atoms with van der Waals surface area (Å²) in [6.45, 7) is 7.76. The summed E-state index contributed by atoms with van der Waals surface area (Å²) in [5, 5.41) is 8.31. The molecule has 1 heterocycles. The summed E-state index contributed by atoms with van der Waals surface area (Å²) in [6, 6.07) is 11.5. The van der Waals surface area contributed by atoms with Crippen LogP contribution >= 0.6 is 0 Å². The SMILES string of the molecule is COC(=O)c1cc(C)cc(OCc2cn(CCCCOc3cc(C)cc(C)c3)nn2)c1. The minimum Gasteiger partial charge on any atom is -0.494 e. The molecule has 0 radical (unpaired) electrons. The molecule has 0 fully saturated rings. The number of methoxy groups -OCH3 is 1. The molecule has 0 saturated carbocycles. The molecule has 2 aromatic carbocycles. The fraction of sp³-hybridized carbons (Fsp3) is 0.375. The monoisotopic (exact) mass is 423 g/mol. The fourth-order valence-corrected chi connectivity index (χ4v) is 3.32. The third-order valence-corrected chi connectivity index (χ3v) is 4.69. The van der Waals surface area contributed by atoms with Gasteiger partial charge in [0, 0.05) is 6.54 Å². The minimum absolute atomic E-state index is 0.278. The van der Waals surface area contributed by atoms with E-state index in [0.29, 0.717) is 17.9 Å². The maximum atomic E-state index is 11.7. The van der Waals surface area contributed by atoms with Gasteiger partial charge in [-0.1, -0.05) is 11.3 Å². The molecular formula is C24H29N3O4. The number of carbonyl (C=O) groups is 1. The highest BCUT2D eigenvalue weighted by Crippen LogP contribution is 2.19. The quantitative estimate of drug-likeness (QED) is 0.355. The van der Waals surface area contributed by atoms with Crippen molar-refractivity contribution in [3.05, 3.63) is 70.5 Å². The highest BCUT2D eigenvalue weighted by molar-refractivity contribution is 5.90. The lowest BCUT2D eigenvalue weighted by Gasteiger charge is -2.08. The molecule has 164 valence electrons. The second-order valence-electron chi connectivity index (χ2n) is 7.67. The van der Waals surface area contributed by atoms with Crippen molar-refractivity contribution >= 4 is 5.97 Å². The first-order valence-electron chi connectivity index (χ1n) is 10.4. The molecule has 0 aliphatic rings. The molecule has 1 aromatic heterocycles. The van der Waals surface area contributed by atoms with E-state index in [4.69, 9.17) is 14.2 Å². The number of unbranched alkanes of at least 4 members (excludes halogenated alkanes) is 1. The fourth-order valence-electron chi connectivity index (χ4n) is 3.32. The normalized spacial score (nSPS) is 10.7. The third-order valence-electron chi connectivity index (χ3n) is 4.69. The van der Waals surface area contributed by atoms with Crippen molar-refractivity contribution in [2.45, 2.75) is 46.8 Å². The Kier molecular flexibility index (Phi) is 7.65. The van der Waals surface area contributed by atoms with E-state index in [-0.39, 0.29) is 12.6 Å². The molecular weight excluding hydrogens is 394 g/mol. The third kappa shape index (κ3) is 6.84. The second-order valence-corrected chi connectivity index (χ2v) is 7.67. The zero-order valence-corrected chi connectivity index (χ0v) is 18.6. The predicted molar refractivity (Wildman–Crippen MR) is 118 cm³/mol. The maximum absolute atomic E-state index is 11.7. The van der Waals surface area contributed by atoms with Gasteiger partial charge < -0.3 is 14.2 Å². The Morgan fingerprint density at radius 3 is 2.29 bits per heavy atom. The molecule has 3 aromatic rings. The Labute approximate surface area is 182 Å². The first-order chi connectivity index (χ1) is 14.9. The van der Waals surface area contributed by atoms with E-state index in [9.17, 15) is 4.79 Å².